The van der Waals surface area contributed by atoms with Gasteiger partial charge >= 0.3 is 5.97 Å². The molecule has 1 rings (SSSR count). The quantitative estimate of drug-likeness (QED) is 0.577. The van der Waals surface area contributed by atoms with Gasteiger partial charge in [-0.3, -0.25) is 5.32 Å². The molecule has 0 aliphatic rings. The highest BCUT2D eigenvalue weighted by atomic mass is 16.5. The minimum Gasteiger partial charge on any atom is -0.467 e. The van der Waals surface area contributed by atoms with Crippen LogP contribution >= 0.6 is 0 Å². The van der Waals surface area contributed by atoms with Gasteiger partial charge in [-0.2, -0.15) is 0 Å². The molecule has 0 aliphatic carbocycles. The van der Waals surface area contributed by atoms with E-state index in [1.807, 2.05) is 44.2 Å². The number of hydrogen-bond acceptors (Lipinski definition) is 4. The second kappa shape index (κ2) is 7.92. The van der Waals surface area contributed by atoms with Gasteiger partial charge in [-0.1, -0.05) is 37.3 Å². The maximum absolute atomic E-state index is 12.3. The molecule has 0 radical (unpaired) electrons. The minimum atomic E-state index is -0.833. The van der Waals surface area contributed by atoms with E-state index in [9.17, 15) is 4.79 Å². The van der Waals surface area contributed by atoms with E-state index in [2.05, 4.69) is 5.32 Å². The largest absolute Gasteiger partial charge is 0.467 e. The standard InChI is InChI=1S/C15H23NO3/c1-4-16-15(14(17)18-3,11-12-19-5-2)13-9-7-6-8-10-13/h6-10,16H,4-5,11-12H2,1-3H3. The van der Waals surface area contributed by atoms with Gasteiger partial charge in [0.1, 0.15) is 5.54 Å². The lowest BCUT2D eigenvalue weighted by Gasteiger charge is -2.32. The molecule has 0 saturated carbocycles. The number of nitrogens with one attached hydrogen (secondary N) is 1. The van der Waals surface area contributed by atoms with E-state index in [1.54, 1.807) is 0 Å². The van der Waals surface area contributed by atoms with Crippen LogP contribution in [0.25, 0.3) is 0 Å². The van der Waals surface area contributed by atoms with Crippen LogP contribution in [0.4, 0.5) is 0 Å². The Kier molecular flexibility index (Phi) is 6.53. The fraction of sp³-hybridized carbons (Fsp3) is 0.533. The molecule has 1 atom stereocenters. The molecule has 0 fully saturated rings. The van der Waals surface area contributed by atoms with Crippen LogP contribution in [-0.4, -0.2) is 32.8 Å². The maximum Gasteiger partial charge on any atom is 0.330 e. The number of esters is 1. The minimum absolute atomic E-state index is 0.278. The summed E-state index contributed by atoms with van der Waals surface area (Å²) in [6, 6.07) is 9.65. The number of ether oxygens (including phenoxy) is 2. The average molecular weight is 265 g/mol. The van der Waals surface area contributed by atoms with E-state index >= 15 is 0 Å². The zero-order chi connectivity index (χ0) is 14.1. The first kappa shape index (κ1) is 15.7. The number of rotatable bonds is 8. The molecule has 0 spiro atoms. The van der Waals surface area contributed by atoms with E-state index < -0.39 is 5.54 Å². The first-order valence-electron chi connectivity index (χ1n) is 6.68. The lowest BCUT2D eigenvalue weighted by molar-refractivity contribution is -0.150. The van der Waals surface area contributed by atoms with Crippen LogP contribution in [0.3, 0.4) is 0 Å². The lowest BCUT2D eigenvalue weighted by Crippen LogP contribution is -2.50. The Morgan fingerprint density at radius 1 is 1.26 bits per heavy atom. The molecular weight excluding hydrogens is 242 g/mol. The first-order chi connectivity index (χ1) is 9.21. The van der Waals surface area contributed by atoms with Crippen molar-refractivity contribution in [1.29, 1.82) is 0 Å². The van der Waals surface area contributed by atoms with Crippen molar-refractivity contribution in [1.82, 2.24) is 5.32 Å². The lowest BCUT2D eigenvalue weighted by atomic mass is 9.86. The molecule has 0 aromatic heterocycles. The monoisotopic (exact) mass is 265 g/mol. The third-order valence-electron chi connectivity index (χ3n) is 3.10. The van der Waals surface area contributed by atoms with Crippen LogP contribution in [0.1, 0.15) is 25.8 Å². The zero-order valence-electron chi connectivity index (χ0n) is 11.9. The van der Waals surface area contributed by atoms with Gasteiger partial charge in [-0.25, -0.2) is 4.79 Å². The second-order valence-corrected chi connectivity index (χ2v) is 4.24. The van der Waals surface area contributed by atoms with Crippen molar-refractivity contribution in [2.24, 2.45) is 0 Å². The van der Waals surface area contributed by atoms with E-state index in [0.717, 1.165) is 5.56 Å². The van der Waals surface area contributed by atoms with Gasteiger partial charge in [0.25, 0.3) is 0 Å². The van der Waals surface area contributed by atoms with Crippen molar-refractivity contribution in [3.63, 3.8) is 0 Å². The Labute approximate surface area is 115 Å². The number of carbonyl (C=O) groups is 1. The molecular formula is C15H23NO3. The van der Waals surface area contributed by atoms with Gasteiger partial charge in [0.15, 0.2) is 0 Å². The Balaban J connectivity index is 3.07. The highest BCUT2D eigenvalue weighted by Crippen LogP contribution is 2.27. The van der Waals surface area contributed by atoms with Gasteiger partial charge in [0.05, 0.1) is 7.11 Å². The smallest absolute Gasteiger partial charge is 0.330 e. The number of benzene rings is 1. The highest BCUT2D eigenvalue weighted by Gasteiger charge is 2.40. The molecule has 0 aliphatic heterocycles. The molecule has 1 aromatic carbocycles. The first-order valence-corrected chi connectivity index (χ1v) is 6.68. The second-order valence-electron chi connectivity index (χ2n) is 4.24. The molecule has 1 unspecified atom stereocenters. The summed E-state index contributed by atoms with van der Waals surface area (Å²) in [5.74, 6) is -0.278. The van der Waals surface area contributed by atoms with Crippen LogP contribution < -0.4 is 5.32 Å². The summed E-state index contributed by atoms with van der Waals surface area (Å²) in [5.41, 5.74) is 0.0725. The number of methoxy groups -OCH3 is 1. The summed E-state index contributed by atoms with van der Waals surface area (Å²) < 4.78 is 10.4. The number of likely N-dealkylation sites (N-methyl/N-ethyl adjacent to an activating group) is 1. The predicted octanol–water partition coefficient (Wildman–Crippen LogP) is 2.09. The molecule has 1 aromatic rings. The van der Waals surface area contributed by atoms with Crippen molar-refractivity contribution < 1.29 is 14.3 Å². The van der Waals surface area contributed by atoms with Crippen molar-refractivity contribution in [3.05, 3.63) is 35.9 Å². The Morgan fingerprint density at radius 3 is 2.47 bits per heavy atom. The van der Waals surface area contributed by atoms with E-state index in [0.29, 0.717) is 26.2 Å². The molecule has 0 heterocycles. The van der Waals surface area contributed by atoms with Crippen LogP contribution in [0, 0.1) is 0 Å². The summed E-state index contributed by atoms with van der Waals surface area (Å²) in [4.78, 5) is 12.3. The topological polar surface area (TPSA) is 47.6 Å². The number of carbonyl (C=O) groups excluding carboxylic acids is 1. The SMILES string of the molecule is CCNC(CCOCC)(C(=O)OC)c1ccccc1. The molecule has 0 saturated heterocycles. The normalized spacial score (nSPS) is 13.8. The van der Waals surface area contributed by atoms with Crippen LogP contribution in [-0.2, 0) is 19.8 Å². The molecule has 106 valence electrons. The molecule has 0 amide bonds. The molecule has 4 heteroatoms. The van der Waals surface area contributed by atoms with Crippen molar-refractivity contribution in [3.8, 4) is 0 Å². The summed E-state index contributed by atoms with van der Waals surface area (Å²) in [5, 5.41) is 3.27. The number of hydrogen-bond donors (Lipinski definition) is 1. The van der Waals surface area contributed by atoms with Gasteiger partial charge in [-0.05, 0) is 19.0 Å². The Hall–Kier alpha value is -1.39. The summed E-state index contributed by atoms with van der Waals surface area (Å²) in [6.45, 7) is 5.73. The molecule has 19 heavy (non-hydrogen) atoms. The van der Waals surface area contributed by atoms with Gasteiger partial charge in [0, 0.05) is 19.6 Å². The summed E-state index contributed by atoms with van der Waals surface area (Å²) in [7, 11) is 1.41. The molecule has 1 N–H and O–H groups in total. The zero-order valence-corrected chi connectivity index (χ0v) is 11.9. The van der Waals surface area contributed by atoms with Gasteiger partial charge in [-0.15, -0.1) is 0 Å². The molecule has 0 bridgehead atoms. The van der Waals surface area contributed by atoms with Gasteiger partial charge in [0.2, 0.25) is 0 Å². The van der Waals surface area contributed by atoms with Crippen molar-refractivity contribution in [2.75, 3.05) is 26.9 Å². The third-order valence-corrected chi connectivity index (χ3v) is 3.10. The summed E-state index contributed by atoms with van der Waals surface area (Å²) in [6.07, 6.45) is 0.547. The van der Waals surface area contributed by atoms with E-state index in [-0.39, 0.29) is 5.97 Å². The van der Waals surface area contributed by atoms with Crippen molar-refractivity contribution >= 4 is 5.97 Å². The average Bonchev–Trinajstić information content (AvgIpc) is 2.46. The summed E-state index contributed by atoms with van der Waals surface area (Å²) >= 11 is 0. The Bertz CT molecular complexity index is 380. The fourth-order valence-corrected chi connectivity index (χ4v) is 2.20. The van der Waals surface area contributed by atoms with Gasteiger partial charge < -0.3 is 9.47 Å². The fourth-order valence-electron chi connectivity index (χ4n) is 2.20. The van der Waals surface area contributed by atoms with Crippen LogP contribution in [0.15, 0.2) is 30.3 Å². The van der Waals surface area contributed by atoms with E-state index in [4.69, 9.17) is 9.47 Å². The maximum atomic E-state index is 12.3. The van der Waals surface area contributed by atoms with Crippen LogP contribution in [0.5, 0.6) is 0 Å². The predicted molar refractivity (Wildman–Crippen MR) is 74.9 cm³/mol. The molecule has 4 nitrogen and oxygen atoms in total. The third kappa shape index (κ3) is 3.78. The van der Waals surface area contributed by atoms with E-state index in [1.165, 1.54) is 7.11 Å². The van der Waals surface area contributed by atoms with Crippen LogP contribution in [0.2, 0.25) is 0 Å². The Morgan fingerprint density at radius 2 is 1.95 bits per heavy atom. The van der Waals surface area contributed by atoms with Crippen molar-refractivity contribution in [2.45, 2.75) is 25.8 Å². The highest BCUT2D eigenvalue weighted by molar-refractivity contribution is 5.82.